The van der Waals surface area contributed by atoms with Gasteiger partial charge >= 0.3 is 0 Å². The highest BCUT2D eigenvalue weighted by Crippen LogP contribution is 2.30. The summed E-state index contributed by atoms with van der Waals surface area (Å²) < 4.78 is 33.6. The van der Waals surface area contributed by atoms with Gasteiger partial charge in [0.2, 0.25) is 0 Å². The summed E-state index contributed by atoms with van der Waals surface area (Å²) in [4.78, 5) is 12.8. The Kier molecular flexibility index (Phi) is 8.34. The van der Waals surface area contributed by atoms with Crippen molar-refractivity contribution in [1.82, 2.24) is 5.32 Å². The van der Waals surface area contributed by atoms with Gasteiger partial charge in [-0.1, -0.05) is 35.9 Å². The van der Waals surface area contributed by atoms with Crippen LogP contribution in [0.25, 0.3) is 0 Å². The van der Waals surface area contributed by atoms with E-state index in [1.807, 2.05) is 6.92 Å². The van der Waals surface area contributed by atoms with Gasteiger partial charge in [0.25, 0.3) is 15.9 Å². The molecule has 3 rings (SSSR count). The first-order valence-corrected chi connectivity index (χ1v) is 12.6. The second kappa shape index (κ2) is 11.0. The first kappa shape index (κ1) is 24.3. The number of ether oxygens (including phenoxy) is 1. The van der Waals surface area contributed by atoms with E-state index >= 15 is 0 Å². The van der Waals surface area contributed by atoms with Gasteiger partial charge in [-0.3, -0.25) is 9.10 Å². The fourth-order valence-electron chi connectivity index (χ4n) is 3.71. The number of amides is 1. The number of rotatable bonds is 10. The van der Waals surface area contributed by atoms with Gasteiger partial charge < -0.3 is 10.1 Å². The van der Waals surface area contributed by atoms with Crippen molar-refractivity contribution in [3.63, 3.8) is 0 Å². The Morgan fingerprint density at radius 2 is 2.09 bits per heavy atom. The number of carbonyl (C=O) groups is 1. The van der Waals surface area contributed by atoms with Crippen LogP contribution in [0, 0.1) is 0 Å². The topological polar surface area (TPSA) is 75.7 Å². The Balaban J connectivity index is 1.76. The lowest BCUT2D eigenvalue weighted by atomic mass is 10.1. The Morgan fingerprint density at radius 1 is 1.31 bits per heavy atom. The SMILES string of the molecule is C=CCN(c1ccccc1Cl)S(=O)(=O)c1cccc(C(=O)NC(C)CCC2CCCO2)c1. The van der Waals surface area contributed by atoms with Gasteiger partial charge in [0, 0.05) is 18.2 Å². The average Bonchev–Trinajstić information content (AvgIpc) is 3.30. The maximum absolute atomic E-state index is 13.4. The molecule has 172 valence electrons. The van der Waals surface area contributed by atoms with Crippen LogP contribution in [0.5, 0.6) is 0 Å². The second-order valence-corrected chi connectivity index (χ2v) is 10.2. The lowest BCUT2D eigenvalue weighted by molar-refractivity contribution is 0.0899. The zero-order chi connectivity index (χ0) is 23.1. The summed E-state index contributed by atoms with van der Waals surface area (Å²) in [6.45, 7) is 6.46. The van der Waals surface area contributed by atoms with E-state index in [2.05, 4.69) is 11.9 Å². The van der Waals surface area contributed by atoms with Crippen molar-refractivity contribution in [3.8, 4) is 0 Å². The van der Waals surface area contributed by atoms with Gasteiger partial charge in [-0.05, 0) is 62.9 Å². The highest BCUT2D eigenvalue weighted by molar-refractivity contribution is 7.92. The van der Waals surface area contributed by atoms with Crippen LogP contribution in [0.4, 0.5) is 5.69 Å². The van der Waals surface area contributed by atoms with E-state index in [-0.39, 0.29) is 35.1 Å². The van der Waals surface area contributed by atoms with Crippen LogP contribution < -0.4 is 9.62 Å². The average molecular weight is 477 g/mol. The molecule has 0 aliphatic carbocycles. The van der Waals surface area contributed by atoms with E-state index < -0.39 is 10.0 Å². The summed E-state index contributed by atoms with van der Waals surface area (Å²) in [5.74, 6) is -0.310. The van der Waals surface area contributed by atoms with Crippen molar-refractivity contribution in [2.45, 2.75) is 49.6 Å². The lowest BCUT2D eigenvalue weighted by Crippen LogP contribution is -2.34. The molecule has 1 aliphatic heterocycles. The maximum atomic E-state index is 13.4. The third kappa shape index (κ3) is 5.91. The number of benzene rings is 2. The van der Waals surface area contributed by atoms with Crippen molar-refractivity contribution < 1.29 is 17.9 Å². The van der Waals surface area contributed by atoms with Gasteiger partial charge in [0.05, 0.1) is 28.3 Å². The fraction of sp³-hybridized carbons (Fsp3) is 0.375. The molecule has 0 aromatic heterocycles. The molecule has 1 fully saturated rings. The van der Waals surface area contributed by atoms with Gasteiger partial charge in [0.1, 0.15) is 0 Å². The minimum atomic E-state index is -3.96. The molecule has 0 radical (unpaired) electrons. The molecule has 2 atom stereocenters. The molecule has 32 heavy (non-hydrogen) atoms. The third-order valence-corrected chi connectivity index (χ3v) is 7.52. The summed E-state index contributed by atoms with van der Waals surface area (Å²) in [6.07, 6.45) is 5.60. The first-order chi connectivity index (χ1) is 15.3. The predicted octanol–water partition coefficient (Wildman–Crippen LogP) is 4.80. The van der Waals surface area contributed by atoms with E-state index in [1.54, 1.807) is 36.4 Å². The second-order valence-electron chi connectivity index (χ2n) is 7.89. The number of nitrogens with one attached hydrogen (secondary N) is 1. The molecule has 0 saturated carbocycles. The molecule has 0 bridgehead atoms. The Hall–Kier alpha value is -2.35. The van der Waals surface area contributed by atoms with Crippen molar-refractivity contribution in [3.05, 3.63) is 71.8 Å². The number of halogens is 1. The molecular formula is C24H29ClN2O4S. The van der Waals surface area contributed by atoms with Gasteiger partial charge in [-0.15, -0.1) is 6.58 Å². The van der Waals surface area contributed by atoms with E-state index in [1.165, 1.54) is 22.5 Å². The fourth-order valence-corrected chi connectivity index (χ4v) is 5.50. The number of hydrogen-bond acceptors (Lipinski definition) is 4. The number of sulfonamides is 1. The zero-order valence-corrected chi connectivity index (χ0v) is 19.7. The molecule has 2 aromatic carbocycles. The largest absolute Gasteiger partial charge is 0.378 e. The third-order valence-electron chi connectivity index (χ3n) is 5.42. The summed E-state index contributed by atoms with van der Waals surface area (Å²) in [7, 11) is -3.96. The van der Waals surface area contributed by atoms with Crippen LogP contribution in [0.2, 0.25) is 5.02 Å². The molecule has 1 amide bonds. The van der Waals surface area contributed by atoms with E-state index in [0.29, 0.717) is 10.7 Å². The molecule has 8 heteroatoms. The molecule has 6 nitrogen and oxygen atoms in total. The number of para-hydroxylation sites is 1. The summed E-state index contributed by atoms with van der Waals surface area (Å²) in [5.41, 5.74) is 0.638. The Bertz CT molecular complexity index is 1050. The summed E-state index contributed by atoms with van der Waals surface area (Å²) in [5, 5.41) is 3.27. The molecule has 1 N–H and O–H groups in total. The summed E-state index contributed by atoms with van der Waals surface area (Å²) >= 11 is 6.25. The Labute approximate surface area is 195 Å². The molecule has 0 spiro atoms. The van der Waals surface area contributed by atoms with Gasteiger partial charge in [-0.25, -0.2) is 8.42 Å². The number of anilines is 1. The van der Waals surface area contributed by atoms with E-state index in [0.717, 1.165) is 32.3 Å². The van der Waals surface area contributed by atoms with Crippen LogP contribution in [-0.4, -0.2) is 39.6 Å². The molecule has 2 aromatic rings. The molecule has 1 heterocycles. The molecule has 1 aliphatic rings. The highest BCUT2D eigenvalue weighted by Gasteiger charge is 2.26. The van der Waals surface area contributed by atoms with Crippen LogP contribution in [0.1, 0.15) is 43.0 Å². The van der Waals surface area contributed by atoms with Crippen molar-refractivity contribution in [1.29, 1.82) is 0 Å². The minimum Gasteiger partial charge on any atom is -0.378 e. The molecule has 1 saturated heterocycles. The quantitative estimate of drug-likeness (QED) is 0.500. The zero-order valence-electron chi connectivity index (χ0n) is 18.2. The van der Waals surface area contributed by atoms with Crippen LogP contribution >= 0.6 is 11.6 Å². The van der Waals surface area contributed by atoms with Crippen LogP contribution in [0.15, 0.2) is 66.1 Å². The normalized spacial score (nSPS) is 17.0. The van der Waals surface area contributed by atoms with Gasteiger partial charge in [-0.2, -0.15) is 0 Å². The first-order valence-electron chi connectivity index (χ1n) is 10.7. The van der Waals surface area contributed by atoms with Crippen LogP contribution in [0.3, 0.4) is 0 Å². The number of carbonyl (C=O) groups excluding carboxylic acids is 1. The van der Waals surface area contributed by atoms with Crippen molar-refractivity contribution >= 4 is 33.2 Å². The van der Waals surface area contributed by atoms with E-state index in [9.17, 15) is 13.2 Å². The minimum absolute atomic E-state index is 0.0129. The Morgan fingerprint density at radius 3 is 2.78 bits per heavy atom. The van der Waals surface area contributed by atoms with Crippen LogP contribution in [-0.2, 0) is 14.8 Å². The maximum Gasteiger partial charge on any atom is 0.264 e. The summed E-state index contributed by atoms with van der Waals surface area (Å²) in [6, 6.07) is 12.7. The van der Waals surface area contributed by atoms with Crippen molar-refractivity contribution in [2.24, 2.45) is 0 Å². The standard InChI is InChI=1S/C24H29ClN2O4S/c1-3-15-27(23-12-5-4-11-22(23)25)32(29,30)21-10-6-8-19(17-21)24(28)26-18(2)13-14-20-9-7-16-31-20/h3-6,8,10-12,17-18,20H,1,7,9,13-16H2,2H3,(H,26,28). The molecule has 2 unspecified atom stereocenters. The molecular weight excluding hydrogens is 448 g/mol. The predicted molar refractivity (Wildman–Crippen MR) is 128 cm³/mol. The monoisotopic (exact) mass is 476 g/mol. The smallest absolute Gasteiger partial charge is 0.264 e. The lowest BCUT2D eigenvalue weighted by Gasteiger charge is -2.24. The van der Waals surface area contributed by atoms with Gasteiger partial charge in [0.15, 0.2) is 0 Å². The number of nitrogens with zero attached hydrogens (tertiary/aromatic N) is 1. The highest BCUT2D eigenvalue weighted by atomic mass is 35.5. The van der Waals surface area contributed by atoms with Crippen molar-refractivity contribution in [2.75, 3.05) is 17.5 Å². The number of hydrogen-bond donors (Lipinski definition) is 1. The van der Waals surface area contributed by atoms with E-state index in [4.69, 9.17) is 16.3 Å².